The third-order valence-corrected chi connectivity index (χ3v) is 5.10. The maximum absolute atomic E-state index is 12.7. The van der Waals surface area contributed by atoms with Crippen molar-refractivity contribution in [1.29, 1.82) is 0 Å². The number of urea groups is 1. The van der Waals surface area contributed by atoms with Crippen molar-refractivity contribution in [2.24, 2.45) is 7.05 Å². The lowest BCUT2D eigenvalue weighted by atomic mass is 9.97. The van der Waals surface area contributed by atoms with Crippen LogP contribution in [0.5, 0.6) is 0 Å². The molecule has 4 rings (SSSR count). The molecule has 0 radical (unpaired) electrons. The number of hydrogen-bond donors (Lipinski definition) is 2. The van der Waals surface area contributed by atoms with Gasteiger partial charge in [-0.3, -0.25) is 5.10 Å². The highest BCUT2D eigenvalue weighted by atomic mass is 16.2. The van der Waals surface area contributed by atoms with Gasteiger partial charge in [-0.25, -0.2) is 9.78 Å². The molecule has 1 aliphatic heterocycles. The van der Waals surface area contributed by atoms with Crippen molar-refractivity contribution in [3.05, 3.63) is 48.3 Å². The Morgan fingerprint density at radius 1 is 1.32 bits per heavy atom. The zero-order valence-corrected chi connectivity index (χ0v) is 16.0. The molecule has 1 saturated heterocycles. The van der Waals surface area contributed by atoms with Crippen molar-refractivity contribution < 1.29 is 4.79 Å². The summed E-state index contributed by atoms with van der Waals surface area (Å²) >= 11 is 0. The van der Waals surface area contributed by atoms with Gasteiger partial charge < -0.3 is 14.8 Å². The van der Waals surface area contributed by atoms with Gasteiger partial charge in [0.15, 0.2) is 11.6 Å². The van der Waals surface area contributed by atoms with Crippen LogP contribution in [0.2, 0.25) is 0 Å². The number of H-pyrrole nitrogens is 1. The second-order valence-corrected chi connectivity index (χ2v) is 7.17. The lowest BCUT2D eigenvalue weighted by molar-refractivity contribution is 0.175. The molecule has 28 heavy (non-hydrogen) atoms. The highest BCUT2D eigenvalue weighted by molar-refractivity contribution is 5.74. The molecular formula is C19H24N8O. The molecule has 2 N–H and O–H groups in total. The van der Waals surface area contributed by atoms with Crippen LogP contribution < -0.4 is 5.32 Å². The zero-order chi connectivity index (χ0) is 19.5. The number of nitrogens with zero attached hydrogens (tertiary/aromatic N) is 6. The van der Waals surface area contributed by atoms with E-state index in [0.717, 1.165) is 36.6 Å². The van der Waals surface area contributed by atoms with Gasteiger partial charge in [-0.05, 0) is 19.8 Å². The van der Waals surface area contributed by atoms with Gasteiger partial charge in [0.05, 0.1) is 6.04 Å². The SMILES string of the molecule is CC(NC(=O)N1CCCC(c2nc(-c3ccccc3)n[nH]2)C1)c1nncn1C. The molecule has 2 amide bonds. The molecule has 0 bridgehead atoms. The topological polar surface area (TPSA) is 105 Å². The van der Waals surface area contributed by atoms with Gasteiger partial charge in [-0.2, -0.15) is 5.10 Å². The first-order valence-electron chi connectivity index (χ1n) is 9.49. The average Bonchev–Trinajstić information content (AvgIpc) is 3.38. The molecule has 2 aromatic heterocycles. The minimum Gasteiger partial charge on any atom is -0.328 e. The van der Waals surface area contributed by atoms with Gasteiger partial charge in [0, 0.05) is 31.6 Å². The van der Waals surface area contributed by atoms with Gasteiger partial charge in [0.1, 0.15) is 12.2 Å². The zero-order valence-electron chi connectivity index (χ0n) is 16.0. The van der Waals surface area contributed by atoms with Gasteiger partial charge in [0.2, 0.25) is 0 Å². The fraction of sp³-hybridized carbons (Fsp3) is 0.421. The first kappa shape index (κ1) is 18.1. The van der Waals surface area contributed by atoms with Crippen molar-refractivity contribution >= 4 is 6.03 Å². The van der Waals surface area contributed by atoms with E-state index in [2.05, 4.69) is 30.7 Å². The van der Waals surface area contributed by atoms with E-state index >= 15 is 0 Å². The van der Waals surface area contributed by atoms with Crippen molar-refractivity contribution in [3.63, 3.8) is 0 Å². The van der Waals surface area contributed by atoms with Crippen LogP contribution in [0.3, 0.4) is 0 Å². The van der Waals surface area contributed by atoms with E-state index in [1.807, 2.05) is 53.8 Å². The van der Waals surface area contributed by atoms with E-state index in [4.69, 9.17) is 0 Å². The second-order valence-electron chi connectivity index (χ2n) is 7.17. The predicted molar refractivity (Wildman–Crippen MR) is 103 cm³/mol. The van der Waals surface area contributed by atoms with Gasteiger partial charge in [-0.1, -0.05) is 30.3 Å². The number of carbonyl (C=O) groups excluding carboxylic acids is 1. The van der Waals surface area contributed by atoms with Crippen LogP contribution in [0.4, 0.5) is 4.79 Å². The molecule has 2 unspecified atom stereocenters. The molecule has 9 heteroatoms. The standard InChI is InChI=1S/C19H24N8O/c1-13(18-25-20-12-26(18)2)21-19(28)27-10-6-9-15(11-27)17-22-16(23-24-17)14-7-4-3-5-8-14/h3-5,7-8,12-13,15H,6,9-11H2,1-2H3,(H,21,28)(H,22,23,24). The summed E-state index contributed by atoms with van der Waals surface area (Å²) in [7, 11) is 1.86. The first-order valence-corrected chi connectivity index (χ1v) is 9.49. The summed E-state index contributed by atoms with van der Waals surface area (Å²) in [6.07, 6.45) is 3.53. The van der Waals surface area contributed by atoms with Crippen molar-refractivity contribution in [1.82, 2.24) is 40.2 Å². The van der Waals surface area contributed by atoms with Gasteiger partial charge in [-0.15, -0.1) is 10.2 Å². The minimum atomic E-state index is -0.213. The van der Waals surface area contributed by atoms with Crippen LogP contribution in [0, 0.1) is 0 Å². The van der Waals surface area contributed by atoms with E-state index in [1.165, 1.54) is 0 Å². The number of likely N-dealkylation sites (tertiary alicyclic amines) is 1. The van der Waals surface area contributed by atoms with Crippen LogP contribution >= 0.6 is 0 Å². The third-order valence-electron chi connectivity index (χ3n) is 5.10. The van der Waals surface area contributed by atoms with E-state index in [-0.39, 0.29) is 18.0 Å². The Labute approximate surface area is 163 Å². The smallest absolute Gasteiger partial charge is 0.317 e. The Hall–Kier alpha value is -3.23. The summed E-state index contributed by atoms with van der Waals surface area (Å²) in [5.41, 5.74) is 0.980. The highest BCUT2D eigenvalue weighted by Gasteiger charge is 2.28. The normalized spacial score (nSPS) is 18.1. The van der Waals surface area contributed by atoms with Crippen LogP contribution in [-0.2, 0) is 7.05 Å². The molecule has 3 aromatic rings. The molecule has 1 aromatic carbocycles. The Bertz CT molecular complexity index is 934. The fourth-order valence-electron chi connectivity index (χ4n) is 3.58. The Kier molecular flexibility index (Phi) is 5.05. The molecule has 0 aliphatic carbocycles. The predicted octanol–water partition coefficient (Wildman–Crippen LogP) is 2.25. The van der Waals surface area contributed by atoms with E-state index in [0.29, 0.717) is 12.4 Å². The molecule has 0 spiro atoms. The summed E-state index contributed by atoms with van der Waals surface area (Å²) in [5.74, 6) is 2.39. The van der Waals surface area contributed by atoms with Crippen molar-refractivity contribution in [3.8, 4) is 11.4 Å². The first-order chi connectivity index (χ1) is 13.6. The molecule has 0 saturated carbocycles. The van der Waals surface area contributed by atoms with Gasteiger partial charge in [0.25, 0.3) is 0 Å². The van der Waals surface area contributed by atoms with E-state index in [9.17, 15) is 4.79 Å². The van der Waals surface area contributed by atoms with Crippen LogP contribution in [-0.4, -0.2) is 54.0 Å². The average molecular weight is 380 g/mol. The van der Waals surface area contributed by atoms with Crippen molar-refractivity contribution in [2.75, 3.05) is 13.1 Å². The molecule has 9 nitrogen and oxygen atoms in total. The quantitative estimate of drug-likeness (QED) is 0.722. The molecule has 2 atom stereocenters. The summed E-state index contributed by atoms with van der Waals surface area (Å²) in [5, 5.41) is 18.4. The largest absolute Gasteiger partial charge is 0.328 e. The van der Waals surface area contributed by atoms with E-state index in [1.54, 1.807) is 6.33 Å². The summed E-state index contributed by atoms with van der Waals surface area (Å²) in [4.78, 5) is 19.2. The summed E-state index contributed by atoms with van der Waals surface area (Å²) in [6, 6.07) is 9.57. The monoisotopic (exact) mass is 380 g/mol. The van der Waals surface area contributed by atoms with E-state index < -0.39 is 0 Å². The lowest BCUT2D eigenvalue weighted by Crippen LogP contribution is -2.46. The number of benzene rings is 1. The van der Waals surface area contributed by atoms with Crippen LogP contribution in [0.1, 0.15) is 43.4 Å². The number of aromatic amines is 1. The number of amides is 2. The molecule has 1 aliphatic rings. The minimum absolute atomic E-state index is 0.0944. The fourth-order valence-corrected chi connectivity index (χ4v) is 3.58. The third kappa shape index (κ3) is 3.73. The highest BCUT2D eigenvalue weighted by Crippen LogP contribution is 2.26. The maximum Gasteiger partial charge on any atom is 0.317 e. The molecule has 146 valence electrons. The number of aromatic nitrogens is 6. The number of piperidine rings is 1. The molecule has 3 heterocycles. The number of carbonyl (C=O) groups is 1. The molecular weight excluding hydrogens is 356 g/mol. The van der Waals surface area contributed by atoms with Crippen LogP contribution in [0.25, 0.3) is 11.4 Å². The Morgan fingerprint density at radius 2 is 2.14 bits per heavy atom. The number of hydrogen-bond acceptors (Lipinski definition) is 5. The summed E-state index contributed by atoms with van der Waals surface area (Å²) in [6.45, 7) is 3.25. The van der Waals surface area contributed by atoms with Gasteiger partial charge >= 0.3 is 6.03 Å². The Morgan fingerprint density at radius 3 is 2.89 bits per heavy atom. The number of nitrogens with one attached hydrogen (secondary N) is 2. The summed E-state index contributed by atoms with van der Waals surface area (Å²) < 4.78 is 1.81. The van der Waals surface area contributed by atoms with Crippen molar-refractivity contribution in [2.45, 2.75) is 31.7 Å². The molecule has 1 fully saturated rings. The Balaban J connectivity index is 1.41. The number of aryl methyl sites for hydroxylation is 1. The maximum atomic E-state index is 12.7. The second kappa shape index (κ2) is 7.79. The number of rotatable bonds is 4. The lowest BCUT2D eigenvalue weighted by Gasteiger charge is -2.32. The van der Waals surface area contributed by atoms with Crippen LogP contribution in [0.15, 0.2) is 36.7 Å².